The minimum atomic E-state index is -1.20. The molecule has 0 amide bonds. The first-order valence-corrected chi connectivity index (χ1v) is 8.80. The van der Waals surface area contributed by atoms with Gasteiger partial charge in [-0.3, -0.25) is 9.36 Å². The third-order valence-corrected chi connectivity index (χ3v) is 5.38. The molecule has 4 rings (SSSR count). The highest BCUT2D eigenvalue weighted by molar-refractivity contribution is 5.91. The summed E-state index contributed by atoms with van der Waals surface area (Å²) in [5.74, 6) is 4.49. The van der Waals surface area contributed by atoms with Gasteiger partial charge in [-0.15, -0.1) is 0 Å². The second kappa shape index (κ2) is 6.22. The molecule has 4 N–H and O–H groups in total. The van der Waals surface area contributed by atoms with Crippen molar-refractivity contribution in [2.24, 2.45) is 11.7 Å². The van der Waals surface area contributed by atoms with Crippen molar-refractivity contribution in [2.75, 3.05) is 37.5 Å². The largest absolute Gasteiger partial charge is 0.492 e. The van der Waals surface area contributed by atoms with Crippen LogP contribution in [-0.2, 0) is 0 Å². The molecular formula is C17H21F2N5O3. The number of alkyl halides is 1. The molecule has 2 aliphatic rings. The number of fused-ring (bicyclic) bond motifs is 1. The fourth-order valence-electron chi connectivity index (χ4n) is 3.83. The molecule has 1 aliphatic heterocycles. The Kier molecular flexibility index (Phi) is 4.10. The summed E-state index contributed by atoms with van der Waals surface area (Å²) < 4.78 is 36.5. The Morgan fingerprint density at radius 1 is 1.30 bits per heavy atom. The van der Waals surface area contributed by atoms with Gasteiger partial charge in [0.2, 0.25) is 0 Å². The van der Waals surface area contributed by atoms with Gasteiger partial charge in [0.05, 0.1) is 12.5 Å². The van der Waals surface area contributed by atoms with Gasteiger partial charge >= 0.3 is 5.69 Å². The van der Waals surface area contributed by atoms with Crippen LogP contribution in [0.4, 0.5) is 14.5 Å². The maximum Gasteiger partial charge on any atom is 0.350 e. The number of hydrogen-bond donors (Lipinski definition) is 2. The molecule has 8 nitrogen and oxygen atoms in total. The fraction of sp³-hybridized carbons (Fsp3) is 0.529. The number of nitrogens with two attached hydrogens (primary N) is 2. The average molecular weight is 381 g/mol. The van der Waals surface area contributed by atoms with E-state index in [4.69, 9.17) is 16.3 Å². The number of aromatic nitrogens is 2. The van der Waals surface area contributed by atoms with Crippen molar-refractivity contribution in [1.29, 1.82) is 0 Å². The van der Waals surface area contributed by atoms with E-state index in [1.165, 1.54) is 16.6 Å². The summed E-state index contributed by atoms with van der Waals surface area (Å²) in [4.78, 5) is 26.6. The van der Waals surface area contributed by atoms with E-state index in [0.29, 0.717) is 4.68 Å². The zero-order valence-electron chi connectivity index (χ0n) is 14.8. The van der Waals surface area contributed by atoms with Gasteiger partial charge in [-0.05, 0) is 25.5 Å². The summed E-state index contributed by atoms with van der Waals surface area (Å²) in [6.07, 6.45) is 0.292. The van der Waals surface area contributed by atoms with E-state index < -0.39 is 29.2 Å². The van der Waals surface area contributed by atoms with Crippen LogP contribution in [0.1, 0.15) is 18.9 Å². The molecule has 27 heavy (non-hydrogen) atoms. The Labute approximate surface area is 152 Å². The van der Waals surface area contributed by atoms with Gasteiger partial charge in [-0.2, -0.15) is 4.68 Å². The fourth-order valence-corrected chi connectivity index (χ4v) is 3.83. The number of benzene rings is 1. The van der Waals surface area contributed by atoms with Gasteiger partial charge in [0.15, 0.2) is 11.6 Å². The molecule has 2 fully saturated rings. The number of halogens is 2. The van der Waals surface area contributed by atoms with Crippen molar-refractivity contribution in [2.45, 2.75) is 25.1 Å². The molecule has 1 aromatic heterocycles. The number of rotatable bonds is 4. The van der Waals surface area contributed by atoms with Crippen LogP contribution in [0, 0.1) is 11.7 Å². The summed E-state index contributed by atoms with van der Waals surface area (Å²) >= 11 is 0. The first-order valence-electron chi connectivity index (χ1n) is 8.80. The topological polar surface area (TPSA) is 109 Å². The molecule has 2 aromatic rings. The van der Waals surface area contributed by atoms with Crippen LogP contribution in [0.2, 0.25) is 0 Å². The molecular weight excluding hydrogens is 360 g/mol. The molecule has 146 valence electrons. The maximum absolute atomic E-state index is 15.0. The Morgan fingerprint density at radius 3 is 2.56 bits per heavy atom. The molecule has 2 heterocycles. The van der Waals surface area contributed by atoms with Crippen molar-refractivity contribution >= 4 is 16.6 Å². The zero-order valence-corrected chi connectivity index (χ0v) is 14.8. The van der Waals surface area contributed by atoms with E-state index in [9.17, 15) is 18.4 Å². The second-order valence-electron chi connectivity index (χ2n) is 7.11. The van der Waals surface area contributed by atoms with Gasteiger partial charge in [0.1, 0.15) is 17.4 Å². The standard InChI is InChI=1S/C17H21F2N5O3/c1-27-15-13-10(16(25)24(21)17(26)23(13)9-2-3-9)4-11(18)14(15)22-6-8(5-20)12(19)7-22/h4,8-9,12H,2-3,5-7,20-21H2,1H3/t8-,12-/m1/s1. The number of anilines is 1. The monoisotopic (exact) mass is 381 g/mol. The molecule has 0 radical (unpaired) electrons. The van der Waals surface area contributed by atoms with Gasteiger partial charge in [-0.25, -0.2) is 13.6 Å². The van der Waals surface area contributed by atoms with Crippen LogP contribution >= 0.6 is 0 Å². The van der Waals surface area contributed by atoms with Gasteiger partial charge in [0.25, 0.3) is 5.56 Å². The number of ether oxygens (including phenoxy) is 1. The normalized spacial score (nSPS) is 22.6. The predicted molar refractivity (Wildman–Crippen MR) is 97.1 cm³/mol. The summed E-state index contributed by atoms with van der Waals surface area (Å²) in [7, 11) is 1.33. The summed E-state index contributed by atoms with van der Waals surface area (Å²) in [5, 5.41) is -0.0477. The van der Waals surface area contributed by atoms with Crippen LogP contribution in [-0.4, -0.2) is 42.2 Å². The second-order valence-corrected chi connectivity index (χ2v) is 7.11. The summed E-state index contributed by atoms with van der Waals surface area (Å²) in [5.41, 5.74) is 4.34. The van der Waals surface area contributed by atoms with E-state index in [1.54, 1.807) is 0 Å². The van der Waals surface area contributed by atoms with Crippen molar-refractivity contribution in [1.82, 2.24) is 9.24 Å². The van der Waals surface area contributed by atoms with Crippen LogP contribution in [0.5, 0.6) is 5.75 Å². The summed E-state index contributed by atoms with van der Waals surface area (Å²) in [6, 6.07) is 0.909. The van der Waals surface area contributed by atoms with Crippen molar-refractivity contribution in [3.8, 4) is 5.75 Å². The molecule has 1 aromatic carbocycles. The van der Waals surface area contributed by atoms with Crippen LogP contribution in [0.3, 0.4) is 0 Å². The van der Waals surface area contributed by atoms with Gasteiger partial charge in [0, 0.05) is 25.0 Å². The minimum absolute atomic E-state index is 0.0339. The van der Waals surface area contributed by atoms with E-state index in [2.05, 4.69) is 0 Å². The first-order chi connectivity index (χ1) is 12.9. The van der Waals surface area contributed by atoms with Crippen molar-refractivity contribution in [3.63, 3.8) is 0 Å². The van der Waals surface area contributed by atoms with Gasteiger partial charge in [-0.1, -0.05) is 0 Å². The summed E-state index contributed by atoms with van der Waals surface area (Å²) in [6.45, 7) is 0.320. The Bertz CT molecular complexity index is 1030. The number of methoxy groups -OCH3 is 1. The van der Waals surface area contributed by atoms with Crippen molar-refractivity contribution in [3.05, 3.63) is 32.7 Å². The SMILES string of the molecule is COc1c(N2C[C@@H](CN)[C@H](F)C2)c(F)cc2c(=O)n(N)c(=O)n(C3CC3)c12. The predicted octanol–water partition coefficient (Wildman–Crippen LogP) is 0.0926. The maximum atomic E-state index is 15.0. The number of nitrogen functional groups attached to an aromatic ring is 1. The lowest BCUT2D eigenvalue weighted by Gasteiger charge is -2.24. The third-order valence-electron chi connectivity index (χ3n) is 5.38. The highest BCUT2D eigenvalue weighted by Gasteiger charge is 2.37. The first kappa shape index (κ1) is 17.8. The lowest BCUT2D eigenvalue weighted by molar-refractivity contribution is 0.289. The van der Waals surface area contributed by atoms with E-state index in [-0.39, 0.29) is 48.0 Å². The Hall–Kier alpha value is -2.62. The number of nitrogens with zero attached hydrogens (tertiary/aromatic N) is 3. The smallest absolute Gasteiger partial charge is 0.350 e. The van der Waals surface area contributed by atoms with Crippen molar-refractivity contribution < 1.29 is 13.5 Å². The number of hydrogen-bond acceptors (Lipinski definition) is 6. The van der Waals surface area contributed by atoms with Gasteiger partial charge < -0.3 is 21.2 Å². The molecule has 0 spiro atoms. The Balaban J connectivity index is 2.03. The lowest BCUT2D eigenvalue weighted by atomic mass is 10.1. The molecule has 1 saturated heterocycles. The molecule has 0 bridgehead atoms. The highest BCUT2D eigenvalue weighted by Crippen LogP contribution is 2.43. The lowest BCUT2D eigenvalue weighted by Crippen LogP contribution is -2.44. The van der Waals surface area contributed by atoms with Crippen LogP contribution < -0.4 is 32.5 Å². The molecule has 2 atom stereocenters. The minimum Gasteiger partial charge on any atom is -0.492 e. The van der Waals surface area contributed by atoms with E-state index in [0.717, 1.165) is 18.9 Å². The average Bonchev–Trinajstić information content (AvgIpc) is 3.41. The zero-order chi connectivity index (χ0) is 19.5. The molecule has 1 saturated carbocycles. The van der Waals surface area contributed by atoms with E-state index in [1.807, 2.05) is 0 Å². The molecule has 10 heteroatoms. The molecule has 1 aliphatic carbocycles. The quantitative estimate of drug-likeness (QED) is 0.727. The van der Waals surface area contributed by atoms with Crippen LogP contribution in [0.15, 0.2) is 15.7 Å². The van der Waals surface area contributed by atoms with Crippen LogP contribution in [0.25, 0.3) is 10.9 Å². The third kappa shape index (κ3) is 2.58. The highest BCUT2D eigenvalue weighted by atomic mass is 19.1. The Morgan fingerprint density at radius 2 is 2.00 bits per heavy atom. The molecule has 0 unspecified atom stereocenters. The van der Waals surface area contributed by atoms with E-state index >= 15 is 0 Å².